The van der Waals surface area contributed by atoms with Crippen molar-refractivity contribution < 1.29 is 4.79 Å². The Morgan fingerprint density at radius 3 is 2.59 bits per heavy atom. The molecule has 0 spiro atoms. The molecular weight excluding hydrogens is 210 g/mol. The SMILES string of the molecule is CCNC1=CC(=O)CC(c2ccc(C)cc2)C1. The molecule has 0 fully saturated rings. The minimum absolute atomic E-state index is 0.234. The maximum absolute atomic E-state index is 11.7. The molecule has 2 nitrogen and oxygen atoms in total. The molecule has 1 atom stereocenters. The standard InChI is InChI=1S/C15H19NO/c1-3-16-14-8-13(9-15(17)10-14)12-6-4-11(2)5-7-12/h4-7,10,13,16H,3,8-9H2,1-2H3. The lowest BCUT2D eigenvalue weighted by Crippen LogP contribution is -2.21. The van der Waals surface area contributed by atoms with Crippen LogP contribution in [0.25, 0.3) is 0 Å². The third kappa shape index (κ3) is 2.96. The molecule has 0 amide bonds. The third-order valence-corrected chi connectivity index (χ3v) is 3.20. The van der Waals surface area contributed by atoms with Crippen molar-refractivity contribution in [3.63, 3.8) is 0 Å². The molecule has 1 aromatic carbocycles. The number of nitrogens with one attached hydrogen (secondary N) is 1. The van der Waals surface area contributed by atoms with Crippen LogP contribution in [-0.4, -0.2) is 12.3 Å². The highest BCUT2D eigenvalue weighted by Crippen LogP contribution is 2.30. The van der Waals surface area contributed by atoms with Crippen LogP contribution in [-0.2, 0) is 4.79 Å². The maximum atomic E-state index is 11.7. The predicted molar refractivity (Wildman–Crippen MR) is 69.9 cm³/mol. The number of aryl methyl sites for hydroxylation is 1. The van der Waals surface area contributed by atoms with Crippen LogP contribution in [0.15, 0.2) is 36.0 Å². The quantitative estimate of drug-likeness (QED) is 0.863. The lowest BCUT2D eigenvalue weighted by atomic mass is 9.85. The molecule has 17 heavy (non-hydrogen) atoms. The molecule has 90 valence electrons. The Labute approximate surface area is 103 Å². The molecular formula is C15H19NO. The van der Waals surface area contributed by atoms with E-state index in [2.05, 4.69) is 43.4 Å². The molecule has 0 aliphatic heterocycles. The van der Waals surface area contributed by atoms with Gasteiger partial charge in [-0.3, -0.25) is 4.79 Å². The van der Waals surface area contributed by atoms with Crippen LogP contribution >= 0.6 is 0 Å². The fourth-order valence-corrected chi connectivity index (χ4v) is 2.32. The maximum Gasteiger partial charge on any atom is 0.158 e. The van der Waals surface area contributed by atoms with E-state index in [0.717, 1.165) is 18.7 Å². The zero-order valence-electron chi connectivity index (χ0n) is 10.5. The van der Waals surface area contributed by atoms with E-state index >= 15 is 0 Å². The summed E-state index contributed by atoms with van der Waals surface area (Å²) in [7, 11) is 0. The molecule has 0 radical (unpaired) electrons. The summed E-state index contributed by atoms with van der Waals surface area (Å²) >= 11 is 0. The fraction of sp³-hybridized carbons (Fsp3) is 0.400. The van der Waals surface area contributed by atoms with Gasteiger partial charge < -0.3 is 5.32 Å². The summed E-state index contributed by atoms with van der Waals surface area (Å²) in [6.07, 6.45) is 3.34. The molecule has 0 saturated carbocycles. The van der Waals surface area contributed by atoms with Crippen molar-refractivity contribution >= 4 is 5.78 Å². The van der Waals surface area contributed by atoms with Gasteiger partial charge in [0.2, 0.25) is 0 Å². The van der Waals surface area contributed by atoms with E-state index in [1.165, 1.54) is 11.1 Å². The lowest BCUT2D eigenvalue weighted by molar-refractivity contribution is -0.115. The lowest BCUT2D eigenvalue weighted by Gasteiger charge is -2.23. The number of allylic oxidation sites excluding steroid dienone is 2. The second-order valence-electron chi connectivity index (χ2n) is 4.68. The monoisotopic (exact) mass is 229 g/mol. The first kappa shape index (κ1) is 11.9. The number of carbonyl (C=O) groups excluding carboxylic acids is 1. The van der Waals surface area contributed by atoms with Crippen LogP contribution in [0.2, 0.25) is 0 Å². The highest BCUT2D eigenvalue weighted by molar-refractivity contribution is 5.91. The average Bonchev–Trinajstić information content (AvgIpc) is 2.29. The molecule has 1 N–H and O–H groups in total. The van der Waals surface area contributed by atoms with Crippen LogP contribution in [0.3, 0.4) is 0 Å². The minimum Gasteiger partial charge on any atom is -0.389 e. The predicted octanol–water partition coefficient (Wildman–Crippen LogP) is 2.93. The van der Waals surface area contributed by atoms with Crippen molar-refractivity contribution in [2.45, 2.75) is 32.6 Å². The van der Waals surface area contributed by atoms with Crippen molar-refractivity contribution in [2.24, 2.45) is 0 Å². The highest BCUT2D eigenvalue weighted by Gasteiger charge is 2.21. The second kappa shape index (κ2) is 5.17. The largest absolute Gasteiger partial charge is 0.389 e. The zero-order valence-corrected chi connectivity index (χ0v) is 10.5. The Balaban J connectivity index is 2.15. The Kier molecular flexibility index (Phi) is 3.62. The van der Waals surface area contributed by atoms with Gasteiger partial charge in [0.05, 0.1) is 0 Å². The smallest absolute Gasteiger partial charge is 0.158 e. The second-order valence-corrected chi connectivity index (χ2v) is 4.68. The summed E-state index contributed by atoms with van der Waals surface area (Å²) in [6, 6.07) is 8.51. The zero-order chi connectivity index (χ0) is 12.3. The number of ketones is 1. The Bertz CT molecular complexity index is 431. The summed E-state index contributed by atoms with van der Waals surface area (Å²) in [5, 5.41) is 3.27. The normalized spacial score (nSPS) is 20.0. The molecule has 1 aliphatic rings. The van der Waals surface area contributed by atoms with E-state index in [1.807, 2.05) is 0 Å². The summed E-state index contributed by atoms with van der Waals surface area (Å²) in [4.78, 5) is 11.7. The summed E-state index contributed by atoms with van der Waals surface area (Å²) in [5.41, 5.74) is 3.61. The molecule has 0 aromatic heterocycles. The van der Waals surface area contributed by atoms with Crippen LogP contribution in [0.1, 0.15) is 36.8 Å². The van der Waals surface area contributed by atoms with Gasteiger partial charge in [0, 0.05) is 24.7 Å². The van der Waals surface area contributed by atoms with E-state index in [1.54, 1.807) is 6.08 Å². The van der Waals surface area contributed by atoms with E-state index in [4.69, 9.17) is 0 Å². The van der Waals surface area contributed by atoms with Crippen LogP contribution in [0, 0.1) is 6.92 Å². The van der Waals surface area contributed by atoms with Gasteiger partial charge in [0.1, 0.15) is 0 Å². The molecule has 0 heterocycles. The Hall–Kier alpha value is -1.57. The highest BCUT2D eigenvalue weighted by atomic mass is 16.1. The first-order valence-electron chi connectivity index (χ1n) is 6.23. The van der Waals surface area contributed by atoms with E-state index in [-0.39, 0.29) is 5.78 Å². The number of hydrogen-bond donors (Lipinski definition) is 1. The van der Waals surface area contributed by atoms with Gasteiger partial charge in [-0.1, -0.05) is 29.8 Å². The summed E-state index contributed by atoms with van der Waals surface area (Å²) in [5.74, 6) is 0.569. The molecule has 0 bridgehead atoms. The van der Waals surface area contributed by atoms with E-state index in [9.17, 15) is 4.79 Å². The summed E-state index contributed by atoms with van der Waals surface area (Å²) < 4.78 is 0. The van der Waals surface area contributed by atoms with Gasteiger partial charge in [0.15, 0.2) is 5.78 Å². The Morgan fingerprint density at radius 1 is 1.24 bits per heavy atom. The molecule has 2 rings (SSSR count). The van der Waals surface area contributed by atoms with Gasteiger partial charge in [-0.15, -0.1) is 0 Å². The van der Waals surface area contributed by atoms with Gasteiger partial charge in [0.25, 0.3) is 0 Å². The van der Waals surface area contributed by atoms with Gasteiger partial charge in [-0.05, 0) is 31.7 Å². The van der Waals surface area contributed by atoms with Crippen molar-refractivity contribution in [1.29, 1.82) is 0 Å². The molecule has 0 saturated heterocycles. The van der Waals surface area contributed by atoms with Gasteiger partial charge >= 0.3 is 0 Å². The van der Waals surface area contributed by atoms with Crippen molar-refractivity contribution in [3.05, 3.63) is 47.2 Å². The molecule has 1 unspecified atom stereocenters. The van der Waals surface area contributed by atoms with Gasteiger partial charge in [-0.25, -0.2) is 0 Å². The minimum atomic E-state index is 0.234. The number of hydrogen-bond acceptors (Lipinski definition) is 2. The van der Waals surface area contributed by atoms with Crippen LogP contribution in [0.5, 0.6) is 0 Å². The van der Waals surface area contributed by atoms with Gasteiger partial charge in [-0.2, -0.15) is 0 Å². The van der Waals surface area contributed by atoms with Crippen LogP contribution < -0.4 is 5.32 Å². The van der Waals surface area contributed by atoms with Crippen molar-refractivity contribution in [1.82, 2.24) is 5.32 Å². The molecule has 1 aliphatic carbocycles. The van der Waals surface area contributed by atoms with Crippen LogP contribution in [0.4, 0.5) is 0 Å². The average molecular weight is 229 g/mol. The topological polar surface area (TPSA) is 29.1 Å². The Morgan fingerprint density at radius 2 is 1.94 bits per heavy atom. The number of carbonyl (C=O) groups is 1. The molecule has 2 heteroatoms. The molecule has 1 aromatic rings. The number of benzene rings is 1. The van der Waals surface area contributed by atoms with Crippen molar-refractivity contribution in [2.75, 3.05) is 6.54 Å². The van der Waals surface area contributed by atoms with Crippen molar-refractivity contribution in [3.8, 4) is 0 Å². The summed E-state index contributed by atoms with van der Waals surface area (Å²) in [6.45, 7) is 5.01. The third-order valence-electron chi connectivity index (χ3n) is 3.20. The van der Waals surface area contributed by atoms with E-state index < -0.39 is 0 Å². The first-order chi connectivity index (χ1) is 8.19. The number of rotatable bonds is 3. The fourth-order valence-electron chi connectivity index (χ4n) is 2.32. The van der Waals surface area contributed by atoms with E-state index in [0.29, 0.717) is 12.3 Å². The first-order valence-corrected chi connectivity index (χ1v) is 6.23.